The topological polar surface area (TPSA) is 79.4 Å². The van der Waals surface area contributed by atoms with Crippen molar-refractivity contribution in [3.63, 3.8) is 0 Å². The highest BCUT2D eigenvalue weighted by molar-refractivity contribution is 7.89. The van der Waals surface area contributed by atoms with Crippen molar-refractivity contribution in [2.24, 2.45) is 0 Å². The summed E-state index contributed by atoms with van der Waals surface area (Å²) in [5, 5.41) is 7.06. The van der Waals surface area contributed by atoms with Gasteiger partial charge in [-0.25, -0.2) is 0 Å². The molecule has 2 aromatic rings. The maximum absolute atomic E-state index is 6.75. The van der Waals surface area contributed by atoms with Gasteiger partial charge in [-0.3, -0.25) is 0 Å². The lowest BCUT2D eigenvalue weighted by Crippen LogP contribution is -2.26. The normalized spacial score (nSPS) is 11.3. The molecule has 8 nitrogen and oxygen atoms in total. The standard InChI is InChI=1S/C80H144N2O6S2/c1-7-13-19-25-31-37-43-49-55-61-83-73-67-71(68-74(84-62-56-50-44-38-32-26-20-14-8-2)77(73)87-65-59-53-47-41-35-29-23-17-11-5)81-79(89)80(90)82-72-69-75(85-63-57-51-45-39-33-27-21-15-9-3)78(88-66-60-54-48-42-36-30-24-18-12-6)76(70-72)86-64-58-52-46-40-34-28-22-16-10-4/h67-70H,7-66H2,1-6H3,(H,81,89)(H,82,90). The largest absolute Gasteiger partial charge is 0.489 e. The van der Waals surface area contributed by atoms with Gasteiger partial charge in [-0.15, -0.1) is 0 Å². The summed E-state index contributed by atoms with van der Waals surface area (Å²) in [6.45, 7) is 17.4. The number of ether oxygens (including phenoxy) is 6. The lowest BCUT2D eigenvalue weighted by molar-refractivity contribution is 0.234. The van der Waals surface area contributed by atoms with E-state index < -0.39 is 0 Å². The van der Waals surface area contributed by atoms with Crippen LogP contribution in [-0.2, 0) is 0 Å². The third kappa shape index (κ3) is 47.0. The Morgan fingerprint density at radius 1 is 0.222 bits per heavy atom. The van der Waals surface area contributed by atoms with Crippen LogP contribution in [-0.4, -0.2) is 49.6 Å². The lowest BCUT2D eigenvalue weighted by atomic mass is 10.1. The summed E-state index contributed by atoms with van der Waals surface area (Å²) < 4.78 is 40.5. The summed E-state index contributed by atoms with van der Waals surface area (Å²) in [7, 11) is 0. The number of unbranched alkanes of at least 4 members (excludes halogenated alkanes) is 48. The van der Waals surface area contributed by atoms with Crippen LogP contribution in [0.3, 0.4) is 0 Å². The summed E-state index contributed by atoms with van der Waals surface area (Å²) in [5.74, 6) is 4.17. The fraction of sp³-hybridized carbons (Fsp3) is 0.825. The Labute approximate surface area is 568 Å². The van der Waals surface area contributed by atoms with Crippen LogP contribution in [0.15, 0.2) is 24.3 Å². The minimum atomic E-state index is 0.406. The Bertz CT molecular complexity index is 1710. The third-order valence-electron chi connectivity index (χ3n) is 17.8. The van der Waals surface area contributed by atoms with Crippen molar-refractivity contribution in [3.8, 4) is 34.5 Å². The van der Waals surface area contributed by atoms with E-state index in [1.54, 1.807) is 0 Å². The first-order valence-electron chi connectivity index (χ1n) is 39.2. The molecule has 10 heteroatoms. The van der Waals surface area contributed by atoms with Gasteiger partial charge in [0.2, 0.25) is 11.5 Å². The second-order valence-electron chi connectivity index (χ2n) is 26.6. The zero-order valence-corrected chi connectivity index (χ0v) is 61.6. The van der Waals surface area contributed by atoms with Gasteiger partial charge in [-0.05, 0) is 38.5 Å². The molecule has 0 unspecified atom stereocenters. The molecule has 2 N–H and O–H groups in total. The molecule has 2 rings (SSSR count). The zero-order chi connectivity index (χ0) is 64.7. The van der Waals surface area contributed by atoms with E-state index in [1.807, 2.05) is 24.3 Å². The van der Waals surface area contributed by atoms with Gasteiger partial charge < -0.3 is 39.1 Å². The molecule has 0 saturated heterocycles. The fourth-order valence-electron chi connectivity index (χ4n) is 11.9. The highest BCUT2D eigenvalue weighted by Gasteiger charge is 2.21. The average molecular weight is 1290 g/mol. The van der Waals surface area contributed by atoms with Gasteiger partial charge in [-0.2, -0.15) is 0 Å². The van der Waals surface area contributed by atoms with Crippen LogP contribution in [0.25, 0.3) is 0 Å². The number of nitrogens with one attached hydrogen (secondary N) is 2. The first-order valence-corrected chi connectivity index (χ1v) is 40.0. The van der Waals surface area contributed by atoms with Gasteiger partial charge in [0.15, 0.2) is 23.0 Å². The van der Waals surface area contributed by atoms with Gasteiger partial charge in [0, 0.05) is 35.6 Å². The van der Waals surface area contributed by atoms with Crippen molar-refractivity contribution < 1.29 is 28.4 Å². The minimum absolute atomic E-state index is 0.406. The van der Waals surface area contributed by atoms with Gasteiger partial charge in [0.25, 0.3) is 0 Å². The Kier molecular flexibility index (Phi) is 58.6. The molecule has 0 atom stereocenters. The Hall–Kier alpha value is -2.98. The molecule has 0 aromatic heterocycles. The van der Waals surface area contributed by atoms with Gasteiger partial charge in [0.1, 0.15) is 9.98 Å². The van der Waals surface area contributed by atoms with Crippen molar-refractivity contribution in [1.29, 1.82) is 0 Å². The fourth-order valence-corrected chi connectivity index (χ4v) is 12.3. The highest BCUT2D eigenvalue weighted by atomic mass is 32.1. The molecule has 0 radical (unpaired) electrons. The Morgan fingerprint density at radius 3 is 0.533 bits per heavy atom. The average Bonchev–Trinajstić information content (AvgIpc) is 1.29. The molecule has 0 heterocycles. The van der Waals surface area contributed by atoms with Gasteiger partial charge in [0.05, 0.1) is 39.6 Å². The van der Waals surface area contributed by atoms with E-state index in [4.69, 9.17) is 52.9 Å². The molecule has 90 heavy (non-hydrogen) atoms. The summed E-state index contributed by atoms with van der Waals surface area (Å²) >= 11 is 12.4. The Balaban J connectivity index is 2.45. The number of thiocarbonyl (C=S) groups is 2. The molecular formula is C80H144N2O6S2. The quantitative estimate of drug-likeness (QED) is 0.0494. The molecule has 0 aliphatic heterocycles. The number of anilines is 2. The molecule has 0 aliphatic rings. The van der Waals surface area contributed by atoms with E-state index in [0.717, 1.165) is 88.4 Å². The molecular weight excluding hydrogens is 1150 g/mol. The second kappa shape index (κ2) is 63.4. The van der Waals surface area contributed by atoms with Crippen LogP contribution >= 0.6 is 24.4 Å². The van der Waals surface area contributed by atoms with Crippen molar-refractivity contribution in [2.45, 2.75) is 388 Å². The number of rotatable bonds is 68. The third-order valence-corrected chi connectivity index (χ3v) is 18.5. The number of hydrogen-bond donors (Lipinski definition) is 2. The van der Waals surface area contributed by atoms with Crippen molar-refractivity contribution in [2.75, 3.05) is 50.3 Å². The maximum atomic E-state index is 6.75. The van der Waals surface area contributed by atoms with Crippen LogP contribution in [0.5, 0.6) is 34.5 Å². The molecule has 0 saturated carbocycles. The van der Waals surface area contributed by atoms with E-state index in [1.165, 1.54) is 270 Å². The lowest BCUT2D eigenvalue weighted by Gasteiger charge is -2.21. The van der Waals surface area contributed by atoms with Crippen LogP contribution in [0, 0.1) is 0 Å². The molecule has 0 bridgehead atoms. The van der Waals surface area contributed by atoms with E-state index in [9.17, 15) is 0 Å². The highest BCUT2D eigenvalue weighted by Crippen LogP contribution is 2.43. The maximum Gasteiger partial charge on any atom is 0.203 e. The van der Waals surface area contributed by atoms with E-state index in [-0.39, 0.29) is 0 Å². The molecule has 2 aromatic carbocycles. The minimum Gasteiger partial charge on any atom is -0.489 e. The second-order valence-corrected chi connectivity index (χ2v) is 27.4. The van der Waals surface area contributed by atoms with Gasteiger partial charge in [-0.1, -0.05) is 374 Å². The number of benzene rings is 2. The predicted octanol–water partition coefficient (Wildman–Crippen LogP) is 27.3. The van der Waals surface area contributed by atoms with Crippen LogP contribution < -0.4 is 39.1 Å². The van der Waals surface area contributed by atoms with Crippen molar-refractivity contribution >= 4 is 45.8 Å². The van der Waals surface area contributed by atoms with Gasteiger partial charge >= 0.3 is 0 Å². The summed E-state index contributed by atoms with van der Waals surface area (Å²) in [4.78, 5) is 0.811. The first-order chi connectivity index (χ1) is 44.4. The van der Waals surface area contributed by atoms with Crippen LogP contribution in [0.4, 0.5) is 11.4 Å². The smallest absolute Gasteiger partial charge is 0.203 e. The molecule has 522 valence electrons. The van der Waals surface area contributed by atoms with E-state index in [2.05, 4.69) is 52.2 Å². The summed E-state index contributed by atoms with van der Waals surface area (Å²) in [6, 6.07) is 8.15. The zero-order valence-electron chi connectivity index (χ0n) is 60.0. The molecule has 0 fully saturated rings. The van der Waals surface area contributed by atoms with E-state index in [0.29, 0.717) is 84.1 Å². The number of hydrogen-bond acceptors (Lipinski definition) is 8. The predicted molar refractivity (Wildman–Crippen MR) is 402 cm³/mol. The van der Waals surface area contributed by atoms with Crippen molar-refractivity contribution in [1.82, 2.24) is 0 Å². The van der Waals surface area contributed by atoms with Crippen LogP contribution in [0.1, 0.15) is 388 Å². The SMILES string of the molecule is CCCCCCCCCCCOc1cc(NC(=S)C(=S)Nc2cc(OCCCCCCCCCCC)c(OCCCCCCCCCCC)c(OCCCCCCCCCCC)c2)cc(OCCCCCCCCCCC)c1OCCCCCCCCCCC. The first kappa shape index (κ1) is 83.1. The monoisotopic (exact) mass is 1290 g/mol. The summed E-state index contributed by atoms with van der Waals surface area (Å²) in [6.07, 6.45) is 68.0. The van der Waals surface area contributed by atoms with Crippen molar-refractivity contribution in [3.05, 3.63) is 24.3 Å². The molecule has 0 amide bonds. The summed E-state index contributed by atoms with van der Waals surface area (Å²) in [5.41, 5.74) is 1.53. The van der Waals surface area contributed by atoms with E-state index >= 15 is 0 Å². The molecule has 0 aliphatic carbocycles. The Morgan fingerprint density at radius 2 is 0.367 bits per heavy atom. The molecule has 0 spiro atoms. The van der Waals surface area contributed by atoms with Crippen LogP contribution in [0.2, 0.25) is 0 Å².